The van der Waals surface area contributed by atoms with E-state index in [1.165, 1.54) is 42.5 Å². The molecule has 0 aliphatic heterocycles. The molecule has 0 amide bonds. The first-order valence-corrected chi connectivity index (χ1v) is 8.05. The number of nitrogens with one attached hydrogen (secondary N) is 1. The summed E-state index contributed by atoms with van der Waals surface area (Å²) >= 11 is 1.90. The van der Waals surface area contributed by atoms with E-state index in [0.717, 1.165) is 22.6 Å². The summed E-state index contributed by atoms with van der Waals surface area (Å²) in [5.74, 6) is 0.969. The Labute approximate surface area is 122 Å². The highest BCUT2D eigenvalue weighted by Crippen LogP contribution is 2.34. The van der Waals surface area contributed by atoms with Gasteiger partial charge < -0.3 is 4.98 Å². The molecule has 0 radical (unpaired) electrons. The van der Waals surface area contributed by atoms with Gasteiger partial charge in [-0.3, -0.25) is 0 Å². The predicted octanol–water partition coefficient (Wildman–Crippen LogP) is 4.26. The van der Waals surface area contributed by atoms with Gasteiger partial charge in [0.15, 0.2) is 11.5 Å². The number of thiophene rings is 1. The minimum Gasteiger partial charge on any atom is -0.336 e. The summed E-state index contributed by atoms with van der Waals surface area (Å²) in [6.45, 7) is 2.06. The maximum Gasteiger partial charge on any atom is 0.178 e. The lowest BCUT2D eigenvalue weighted by Crippen LogP contribution is -1.81. The topological polar surface area (TPSA) is 41.6 Å². The Morgan fingerprint density at radius 2 is 2.05 bits per heavy atom. The van der Waals surface area contributed by atoms with Crippen molar-refractivity contribution < 1.29 is 0 Å². The molecule has 3 aromatic rings. The van der Waals surface area contributed by atoms with Gasteiger partial charge in [0.05, 0.1) is 10.4 Å². The Kier molecular flexibility index (Phi) is 2.84. The van der Waals surface area contributed by atoms with E-state index in [4.69, 9.17) is 0 Å². The highest BCUT2D eigenvalue weighted by molar-refractivity contribution is 7.15. The van der Waals surface area contributed by atoms with Crippen molar-refractivity contribution in [1.82, 2.24) is 15.0 Å². The van der Waals surface area contributed by atoms with Gasteiger partial charge in [-0.05, 0) is 55.9 Å². The van der Waals surface area contributed by atoms with Crippen molar-refractivity contribution in [2.45, 2.75) is 39.0 Å². The van der Waals surface area contributed by atoms with Crippen molar-refractivity contribution in [1.29, 1.82) is 0 Å². The Balaban J connectivity index is 1.78. The lowest BCUT2D eigenvalue weighted by atomic mass is 10.1. The number of imidazole rings is 1. The van der Waals surface area contributed by atoms with Gasteiger partial charge in [-0.15, -0.1) is 11.3 Å². The first-order chi connectivity index (χ1) is 9.79. The van der Waals surface area contributed by atoms with E-state index in [1.807, 2.05) is 17.5 Å². The van der Waals surface area contributed by atoms with Crippen LogP contribution in [0.2, 0.25) is 0 Å². The van der Waals surface area contributed by atoms with Crippen molar-refractivity contribution in [3.63, 3.8) is 0 Å². The highest BCUT2D eigenvalue weighted by atomic mass is 32.1. The summed E-state index contributed by atoms with van der Waals surface area (Å²) in [6.07, 6.45) is 8.35. The van der Waals surface area contributed by atoms with Gasteiger partial charge in [0.25, 0.3) is 0 Å². The normalized spacial score (nSPS) is 15.2. The van der Waals surface area contributed by atoms with E-state index in [-0.39, 0.29) is 0 Å². The molecule has 102 valence electrons. The maximum absolute atomic E-state index is 4.63. The fourth-order valence-corrected chi connectivity index (χ4v) is 4.10. The molecule has 20 heavy (non-hydrogen) atoms. The van der Waals surface area contributed by atoms with Crippen LogP contribution in [0.25, 0.3) is 21.9 Å². The average molecular weight is 283 g/mol. The Bertz CT molecular complexity index is 746. The van der Waals surface area contributed by atoms with Gasteiger partial charge >= 0.3 is 0 Å². The largest absolute Gasteiger partial charge is 0.336 e. The van der Waals surface area contributed by atoms with Crippen molar-refractivity contribution in [2.75, 3.05) is 0 Å². The fourth-order valence-electron chi connectivity index (χ4n) is 2.91. The van der Waals surface area contributed by atoms with E-state index in [0.29, 0.717) is 0 Å². The summed E-state index contributed by atoms with van der Waals surface area (Å²) in [5, 5.41) is 0. The third-order valence-electron chi connectivity index (χ3n) is 3.95. The Hall–Kier alpha value is -1.68. The molecule has 4 heteroatoms. The van der Waals surface area contributed by atoms with Crippen LogP contribution >= 0.6 is 11.3 Å². The van der Waals surface area contributed by atoms with Crippen LogP contribution in [-0.4, -0.2) is 15.0 Å². The molecule has 0 bridgehead atoms. The van der Waals surface area contributed by atoms with Crippen LogP contribution in [0.5, 0.6) is 0 Å². The number of hydrogen-bond acceptors (Lipinski definition) is 3. The molecule has 0 unspecified atom stereocenters. The second-order valence-electron chi connectivity index (χ2n) is 5.59. The lowest BCUT2D eigenvalue weighted by molar-refractivity contribution is 0.713. The monoisotopic (exact) mass is 283 g/mol. The molecule has 1 aliphatic carbocycles. The summed E-state index contributed by atoms with van der Waals surface area (Å²) in [5.41, 5.74) is 4.54. The van der Waals surface area contributed by atoms with Crippen molar-refractivity contribution in [2.24, 2.45) is 0 Å². The van der Waals surface area contributed by atoms with Crippen LogP contribution in [0.1, 0.15) is 35.3 Å². The van der Waals surface area contributed by atoms with E-state index < -0.39 is 0 Å². The molecule has 3 aromatic heterocycles. The summed E-state index contributed by atoms with van der Waals surface area (Å²) in [7, 11) is 0. The van der Waals surface area contributed by atoms with Gasteiger partial charge in [0.1, 0.15) is 0 Å². The smallest absolute Gasteiger partial charge is 0.178 e. The van der Waals surface area contributed by atoms with Crippen LogP contribution in [0.3, 0.4) is 0 Å². The first-order valence-electron chi connectivity index (χ1n) is 7.24. The third-order valence-corrected chi connectivity index (χ3v) is 5.20. The zero-order valence-corrected chi connectivity index (χ0v) is 12.4. The zero-order valence-electron chi connectivity index (χ0n) is 11.6. The molecule has 1 N–H and O–H groups in total. The molecule has 3 nitrogen and oxygen atoms in total. The van der Waals surface area contributed by atoms with Crippen LogP contribution in [0, 0.1) is 6.92 Å². The highest BCUT2D eigenvalue weighted by Gasteiger charge is 2.15. The predicted molar refractivity (Wildman–Crippen MR) is 83.2 cm³/mol. The lowest BCUT2D eigenvalue weighted by Gasteiger charge is -1.92. The molecule has 1 aliphatic rings. The van der Waals surface area contributed by atoms with Gasteiger partial charge in [0.2, 0.25) is 0 Å². The van der Waals surface area contributed by atoms with E-state index in [9.17, 15) is 0 Å². The number of fused-ring (bicyclic) bond motifs is 2. The molecular formula is C16H17N3S. The molecule has 0 fully saturated rings. The maximum atomic E-state index is 4.63. The number of pyridine rings is 1. The molecule has 0 spiro atoms. The first kappa shape index (κ1) is 12.1. The molecule has 0 aromatic carbocycles. The second-order valence-corrected chi connectivity index (χ2v) is 6.73. The van der Waals surface area contributed by atoms with Crippen LogP contribution in [-0.2, 0) is 12.8 Å². The van der Waals surface area contributed by atoms with Gasteiger partial charge in [-0.2, -0.15) is 0 Å². The minimum atomic E-state index is 0.814. The fraction of sp³-hybridized carbons (Fsp3) is 0.375. The minimum absolute atomic E-state index is 0.814. The molecule has 3 heterocycles. The molecule has 0 atom stereocenters. The van der Waals surface area contributed by atoms with E-state index in [2.05, 4.69) is 34.0 Å². The molecule has 0 saturated heterocycles. The number of hydrogen-bond donors (Lipinski definition) is 1. The second kappa shape index (κ2) is 4.70. The summed E-state index contributed by atoms with van der Waals surface area (Å²) in [6, 6.07) is 4.44. The summed E-state index contributed by atoms with van der Waals surface area (Å²) in [4.78, 5) is 15.2. The molecule has 0 saturated carbocycles. The van der Waals surface area contributed by atoms with Crippen molar-refractivity contribution >= 4 is 22.5 Å². The number of H-pyrrole nitrogens is 1. The molecule has 4 rings (SSSR count). The van der Waals surface area contributed by atoms with Crippen molar-refractivity contribution in [3.8, 4) is 10.7 Å². The third kappa shape index (κ3) is 2.04. The quantitative estimate of drug-likeness (QED) is 0.678. The molecular weight excluding hydrogens is 266 g/mol. The van der Waals surface area contributed by atoms with Crippen LogP contribution in [0.4, 0.5) is 0 Å². The number of rotatable bonds is 1. The summed E-state index contributed by atoms with van der Waals surface area (Å²) < 4.78 is 0. The van der Waals surface area contributed by atoms with Crippen molar-refractivity contribution in [3.05, 3.63) is 34.3 Å². The number of aromatic amines is 1. The zero-order chi connectivity index (χ0) is 13.5. The SMILES string of the molecule is Cc1cnc2nc(-c3cc4c(s3)CCCCC4)[nH]c2c1. The van der Waals surface area contributed by atoms with Crippen LogP contribution < -0.4 is 0 Å². The van der Waals surface area contributed by atoms with Gasteiger partial charge in [-0.25, -0.2) is 9.97 Å². The standard InChI is InChI=1S/C16H17N3S/c1-10-7-12-15(17-9-10)19-16(18-12)14-8-11-5-3-2-4-6-13(11)20-14/h7-9H,2-6H2,1H3,(H,17,18,19). The van der Waals surface area contributed by atoms with Gasteiger partial charge in [0, 0.05) is 11.1 Å². The van der Waals surface area contributed by atoms with E-state index >= 15 is 0 Å². The number of aryl methyl sites for hydroxylation is 3. The Morgan fingerprint density at radius 3 is 3.00 bits per heavy atom. The number of nitrogens with zero attached hydrogens (tertiary/aromatic N) is 2. The average Bonchev–Trinajstić information content (AvgIpc) is 2.97. The van der Waals surface area contributed by atoms with Gasteiger partial charge in [-0.1, -0.05) is 6.42 Å². The number of aromatic nitrogens is 3. The van der Waals surface area contributed by atoms with E-state index in [1.54, 1.807) is 4.88 Å². The Morgan fingerprint density at radius 1 is 1.15 bits per heavy atom. The van der Waals surface area contributed by atoms with Crippen LogP contribution in [0.15, 0.2) is 18.3 Å².